The summed E-state index contributed by atoms with van der Waals surface area (Å²) >= 11 is 0. The van der Waals surface area contributed by atoms with Crippen molar-refractivity contribution >= 4 is 0 Å². The van der Waals surface area contributed by atoms with Crippen LogP contribution >= 0.6 is 0 Å². The van der Waals surface area contributed by atoms with Crippen molar-refractivity contribution in [3.8, 4) is 22.8 Å². The summed E-state index contributed by atoms with van der Waals surface area (Å²) < 4.78 is 7.20. The SMILES string of the molecule is Cn1nnc(-c2ccccc2)c1-c1nc(CC2CCNCC2)no1. The van der Waals surface area contributed by atoms with Gasteiger partial charge < -0.3 is 9.84 Å². The molecule has 3 aromatic rings. The second kappa shape index (κ2) is 6.52. The molecular weight excluding hydrogens is 304 g/mol. The van der Waals surface area contributed by atoms with Crippen LogP contribution in [0.3, 0.4) is 0 Å². The molecule has 1 saturated heterocycles. The molecule has 4 rings (SSSR count). The highest BCUT2D eigenvalue weighted by Crippen LogP contribution is 2.29. The fourth-order valence-electron chi connectivity index (χ4n) is 3.16. The van der Waals surface area contributed by atoms with Crippen molar-refractivity contribution < 1.29 is 4.52 Å². The minimum atomic E-state index is 0.477. The number of benzene rings is 1. The molecule has 3 heterocycles. The van der Waals surface area contributed by atoms with E-state index in [0.717, 1.165) is 55.1 Å². The molecule has 1 aliphatic rings. The van der Waals surface area contributed by atoms with E-state index in [2.05, 4.69) is 25.8 Å². The summed E-state index contributed by atoms with van der Waals surface area (Å²) in [4.78, 5) is 4.59. The van der Waals surface area contributed by atoms with E-state index in [1.165, 1.54) is 0 Å². The van der Waals surface area contributed by atoms with Crippen molar-refractivity contribution in [2.75, 3.05) is 13.1 Å². The predicted molar refractivity (Wildman–Crippen MR) is 89.0 cm³/mol. The molecule has 124 valence electrons. The highest BCUT2D eigenvalue weighted by Gasteiger charge is 2.22. The van der Waals surface area contributed by atoms with Gasteiger partial charge in [0.1, 0.15) is 5.69 Å². The zero-order valence-electron chi connectivity index (χ0n) is 13.6. The van der Waals surface area contributed by atoms with Gasteiger partial charge in [-0.25, -0.2) is 4.68 Å². The second-order valence-electron chi connectivity index (χ2n) is 6.19. The van der Waals surface area contributed by atoms with E-state index in [4.69, 9.17) is 4.52 Å². The third-order valence-corrected chi connectivity index (χ3v) is 4.47. The third kappa shape index (κ3) is 2.94. The molecule has 1 aliphatic heterocycles. The molecule has 7 nitrogen and oxygen atoms in total. The topological polar surface area (TPSA) is 81.7 Å². The predicted octanol–water partition coefficient (Wildman–Crippen LogP) is 2.07. The van der Waals surface area contributed by atoms with Crippen LogP contribution in [0.4, 0.5) is 0 Å². The molecule has 24 heavy (non-hydrogen) atoms. The van der Waals surface area contributed by atoms with E-state index < -0.39 is 0 Å². The summed E-state index contributed by atoms with van der Waals surface area (Å²) in [7, 11) is 1.84. The molecule has 0 bridgehead atoms. The van der Waals surface area contributed by atoms with Crippen LogP contribution in [0.25, 0.3) is 22.8 Å². The highest BCUT2D eigenvalue weighted by molar-refractivity contribution is 5.73. The highest BCUT2D eigenvalue weighted by atomic mass is 16.5. The number of piperidine rings is 1. The molecule has 0 aliphatic carbocycles. The van der Waals surface area contributed by atoms with Crippen LogP contribution in [0.15, 0.2) is 34.9 Å². The first-order chi connectivity index (χ1) is 11.8. The van der Waals surface area contributed by atoms with E-state index in [9.17, 15) is 0 Å². The first-order valence-electron chi connectivity index (χ1n) is 8.30. The molecule has 1 fully saturated rings. The Balaban J connectivity index is 1.62. The lowest BCUT2D eigenvalue weighted by molar-refractivity contribution is 0.356. The molecule has 0 atom stereocenters. The van der Waals surface area contributed by atoms with Crippen molar-refractivity contribution in [3.63, 3.8) is 0 Å². The van der Waals surface area contributed by atoms with E-state index in [1.54, 1.807) is 4.68 Å². The normalized spacial score (nSPS) is 15.7. The van der Waals surface area contributed by atoms with E-state index in [-0.39, 0.29) is 0 Å². The maximum Gasteiger partial charge on any atom is 0.278 e. The Morgan fingerprint density at radius 1 is 1.21 bits per heavy atom. The van der Waals surface area contributed by atoms with Crippen LogP contribution in [0.5, 0.6) is 0 Å². The molecule has 0 amide bonds. The van der Waals surface area contributed by atoms with Crippen molar-refractivity contribution in [2.45, 2.75) is 19.3 Å². The van der Waals surface area contributed by atoms with Gasteiger partial charge in [-0.15, -0.1) is 5.10 Å². The molecule has 0 unspecified atom stereocenters. The van der Waals surface area contributed by atoms with Gasteiger partial charge in [0.25, 0.3) is 5.89 Å². The number of hydrogen-bond acceptors (Lipinski definition) is 6. The first-order valence-corrected chi connectivity index (χ1v) is 8.30. The van der Waals surface area contributed by atoms with Gasteiger partial charge in [-0.1, -0.05) is 40.7 Å². The Labute approximate surface area is 140 Å². The number of aromatic nitrogens is 5. The van der Waals surface area contributed by atoms with E-state index >= 15 is 0 Å². The average molecular weight is 324 g/mol. The summed E-state index contributed by atoms with van der Waals surface area (Å²) in [5.74, 6) is 1.86. The van der Waals surface area contributed by atoms with Crippen LogP contribution in [0.1, 0.15) is 18.7 Å². The maximum absolute atomic E-state index is 5.52. The summed E-state index contributed by atoms with van der Waals surface area (Å²) in [6.07, 6.45) is 3.18. The van der Waals surface area contributed by atoms with Gasteiger partial charge in [0.05, 0.1) is 0 Å². The standard InChI is InChI=1S/C17H20N6O/c1-23-16(15(20-22-23)13-5-3-2-4-6-13)17-19-14(21-24-17)11-12-7-9-18-10-8-12/h2-6,12,18H,7-11H2,1H3. The minimum Gasteiger partial charge on any atom is -0.332 e. The Hall–Kier alpha value is -2.54. The quantitative estimate of drug-likeness (QED) is 0.791. The molecular formula is C17H20N6O. The van der Waals surface area contributed by atoms with Crippen LogP contribution < -0.4 is 5.32 Å². The monoisotopic (exact) mass is 324 g/mol. The fraction of sp³-hybridized carbons (Fsp3) is 0.412. The summed E-state index contributed by atoms with van der Waals surface area (Å²) in [5, 5.41) is 15.9. The Kier molecular flexibility index (Phi) is 4.08. The fourth-order valence-corrected chi connectivity index (χ4v) is 3.16. The van der Waals surface area contributed by atoms with Crippen molar-refractivity contribution in [1.29, 1.82) is 0 Å². The third-order valence-electron chi connectivity index (χ3n) is 4.47. The van der Waals surface area contributed by atoms with Crippen molar-refractivity contribution in [2.24, 2.45) is 13.0 Å². The Morgan fingerprint density at radius 2 is 2.00 bits per heavy atom. The smallest absolute Gasteiger partial charge is 0.278 e. The van der Waals surface area contributed by atoms with Gasteiger partial charge in [0.2, 0.25) is 0 Å². The summed E-state index contributed by atoms with van der Waals surface area (Å²) in [6.45, 7) is 2.14. The zero-order chi connectivity index (χ0) is 16.4. The Bertz CT molecular complexity index is 804. The zero-order valence-corrected chi connectivity index (χ0v) is 13.6. The molecule has 7 heteroatoms. The summed E-state index contributed by atoms with van der Waals surface area (Å²) in [6, 6.07) is 9.93. The number of nitrogens with one attached hydrogen (secondary N) is 1. The molecule has 2 aromatic heterocycles. The lowest BCUT2D eigenvalue weighted by Gasteiger charge is -2.20. The van der Waals surface area contributed by atoms with Crippen LogP contribution in [-0.2, 0) is 13.5 Å². The molecule has 0 spiro atoms. The van der Waals surface area contributed by atoms with Gasteiger partial charge in [0.15, 0.2) is 11.5 Å². The molecule has 0 radical (unpaired) electrons. The van der Waals surface area contributed by atoms with Crippen molar-refractivity contribution in [3.05, 3.63) is 36.2 Å². The lowest BCUT2D eigenvalue weighted by Crippen LogP contribution is -2.28. The first kappa shape index (κ1) is 15.0. The second-order valence-corrected chi connectivity index (χ2v) is 6.19. The number of aryl methyl sites for hydroxylation is 1. The van der Waals surface area contributed by atoms with Crippen molar-refractivity contribution in [1.82, 2.24) is 30.5 Å². The molecule has 1 aromatic carbocycles. The van der Waals surface area contributed by atoms with Crippen LogP contribution in [0.2, 0.25) is 0 Å². The maximum atomic E-state index is 5.52. The number of hydrogen-bond donors (Lipinski definition) is 1. The summed E-state index contributed by atoms with van der Waals surface area (Å²) in [5.41, 5.74) is 2.50. The van der Waals surface area contributed by atoms with Crippen LogP contribution in [-0.4, -0.2) is 38.2 Å². The Morgan fingerprint density at radius 3 is 2.79 bits per heavy atom. The van der Waals surface area contributed by atoms with E-state index in [1.807, 2.05) is 37.4 Å². The van der Waals surface area contributed by atoms with E-state index in [0.29, 0.717) is 11.8 Å². The number of rotatable bonds is 4. The largest absolute Gasteiger partial charge is 0.332 e. The molecule has 1 N–H and O–H groups in total. The van der Waals surface area contributed by atoms with Crippen LogP contribution in [0, 0.1) is 5.92 Å². The van der Waals surface area contributed by atoms with Gasteiger partial charge in [-0.2, -0.15) is 4.98 Å². The molecule has 0 saturated carbocycles. The minimum absolute atomic E-state index is 0.477. The van der Waals surface area contributed by atoms with Gasteiger partial charge >= 0.3 is 0 Å². The van der Waals surface area contributed by atoms with Gasteiger partial charge in [-0.05, 0) is 31.8 Å². The number of nitrogens with zero attached hydrogens (tertiary/aromatic N) is 5. The average Bonchev–Trinajstić information content (AvgIpc) is 3.23. The van der Waals surface area contributed by atoms with Gasteiger partial charge in [-0.3, -0.25) is 0 Å². The van der Waals surface area contributed by atoms with Gasteiger partial charge in [0, 0.05) is 19.0 Å². The lowest BCUT2D eigenvalue weighted by atomic mass is 9.94.